The first-order chi connectivity index (χ1) is 13.9. The lowest BCUT2D eigenvalue weighted by Gasteiger charge is -2.17. The molecule has 2 heterocycles. The van der Waals surface area contributed by atoms with E-state index in [2.05, 4.69) is 0 Å². The summed E-state index contributed by atoms with van der Waals surface area (Å²) in [6.45, 7) is -0.982. The molecule has 3 aromatic rings. The monoisotopic (exact) mass is 401 g/mol. The highest BCUT2D eigenvalue weighted by Crippen LogP contribution is 2.45. The smallest absolute Gasteiger partial charge is 0.259 e. The van der Waals surface area contributed by atoms with Crippen molar-refractivity contribution in [2.24, 2.45) is 0 Å². The van der Waals surface area contributed by atoms with E-state index in [1.165, 1.54) is 12.1 Å². The van der Waals surface area contributed by atoms with Crippen LogP contribution < -0.4 is 15.0 Å². The predicted molar refractivity (Wildman–Crippen MR) is 96.2 cm³/mol. The zero-order valence-corrected chi connectivity index (χ0v) is 14.7. The summed E-state index contributed by atoms with van der Waals surface area (Å²) in [6, 6.07) is 4.57. The summed E-state index contributed by atoms with van der Waals surface area (Å²) in [4.78, 5) is 26.2. The highest BCUT2D eigenvalue weighted by Gasteiger charge is 2.36. The van der Waals surface area contributed by atoms with Gasteiger partial charge in [0.05, 0.1) is 35.9 Å². The maximum absolute atomic E-state index is 14.0. The number of benzene rings is 2. The van der Waals surface area contributed by atoms with Crippen LogP contribution in [0.15, 0.2) is 29.1 Å². The van der Waals surface area contributed by atoms with E-state index in [4.69, 9.17) is 9.47 Å². The van der Waals surface area contributed by atoms with Crippen LogP contribution >= 0.6 is 0 Å². The number of hydrogen-bond donors (Lipinski definition) is 2. The maximum atomic E-state index is 14.0. The molecule has 1 aliphatic carbocycles. The minimum Gasteiger partial charge on any atom is -0.454 e. The van der Waals surface area contributed by atoms with Crippen LogP contribution in [0, 0.1) is 11.6 Å². The molecule has 2 N–H and O–H groups in total. The van der Waals surface area contributed by atoms with Crippen LogP contribution in [0.2, 0.25) is 0 Å². The number of aliphatic hydroxyl groups is 2. The molecule has 1 aliphatic heterocycles. The Kier molecular flexibility index (Phi) is 3.74. The molecule has 29 heavy (non-hydrogen) atoms. The van der Waals surface area contributed by atoms with Crippen molar-refractivity contribution in [3.05, 3.63) is 57.4 Å². The second-order valence-electron chi connectivity index (χ2n) is 6.87. The van der Waals surface area contributed by atoms with Crippen molar-refractivity contribution in [2.75, 3.05) is 13.4 Å². The zero-order chi connectivity index (χ0) is 20.4. The van der Waals surface area contributed by atoms with Crippen LogP contribution in [-0.2, 0) is 6.54 Å². The molecule has 1 aromatic heterocycles. The van der Waals surface area contributed by atoms with Crippen molar-refractivity contribution < 1.29 is 33.3 Å². The van der Waals surface area contributed by atoms with Gasteiger partial charge in [-0.1, -0.05) is 0 Å². The number of aliphatic hydroxyl groups excluding tert-OH is 2. The predicted octanol–water partition coefficient (Wildman–Crippen LogP) is 1.57. The third kappa shape index (κ3) is 2.41. The molecule has 0 fully saturated rings. The van der Waals surface area contributed by atoms with Gasteiger partial charge in [0, 0.05) is 16.5 Å². The molecule has 0 spiro atoms. The van der Waals surface area contributed by atoms with Gasteiger partial charge in [-0.2, -0.15) is 0 Å². The fourth-order valence-electron chi connectivity index (χ4n) is 3.85. The van der Waals surface area contributed by atoms with E-state index >= 15 is 0 Å². The highest BCUT2D eigenvalue weighted by molar-refractivity contribution is 6.27. The van der Waals surface area contributed by atoms with E-state index in [9.17, 15) is 28.6 Å². The van der Waals surface area contributed by atoms with Gasteiger partial charge in [0.15, 0.2) is 28.9 Å². The lowest BCUT2D eigenvalue weighted by molar-refractivity contribution is 0.0808. The van der Waals surface area contributed by atoms with E-state index in [0.29, 0.717) is 17.1 Å². The Morgan fingerprint density at radius 3 is 2.28 bits per heavy atom. The Balaban J connectivity index is 1.91. The number of carbonyl (C=O) groups is 1. The first kappa shape index (κ1) is 17.8. The van der Waals surface area contributed by atoms with Gasteiger partial charge in [-0.3, -0.25) is 9.59 Å². The molecule has 5 rings (SSSR count). The van der Waals surface area contributed by atoms with Gasteiger partial charge in [-0.15, -0.1) is 0 Å². The number of halogens is 2. The minimum absolute atomic E-state index is 0.0160. The second kappa shape index (κ2) is 6.10. The SMILES string of the molecule is O=C1c2cc3c(cc2-c2c1c1cc(F)c(F)cc1c(=O)n2C[C@H](O)CO)OCO3. The maximum Gasteiger partial charge on any atom is 0.259 e. The van der Waals surface area contributed by atoms with Crippen molar-refractivity contribution in [1.82, 2.24) is 4.57 Å². The topological polar surface area (TPSA) is 98.0 Å². The molecule has 0 saturated heterocycles. The molecule has 0 unspecified atom stereocenters. The van der Waals surface area contributed by atoms with Crippen molar-refractivity contribution >= 4 is 16.6 Å². The van der Waals surface area contributed by atoms with E-state index in [1.54, 1.807) is 0 Å². The van der Waals surface area contributed by atoms with Gasteiger partial charge >= 0.3 is 0 Å². The Morgan fingerprint density at radius 2 is 1.62 bits per heavy atom. The van der Waals surface area contributed by atoms with Crippen LogP contribution in [0.25, 0.3) is 22.0 Å². The van der Waals surface area contributed by atoms with Crippen LogP contribution in [0.4, 0.5) is 8.78 Å². The van der Waals surface area contributed by atoms with Crippen molar-refractivity contribution in [3.8, 4) is 22.8 Å². The summed E-state index contributed by atoms with van der Waals surface area (Å²) in [5.74, 6) is -2.18. The van der Waals surface area contributed by atoms with Crippen LogP contribution in [0.5, 0.6) is 11.5 Å². The number of ether oxygens (including phenoxy) is 2. The number of hydrogen-bond acceptors (Lipinski definition) is 6. The highest BCUT2D eigenvalue weighted by atomic mass is 19.2. The van der Waals surface area contributed by atoms with Gasteiger partial charge in [0.25, 0.3) is 5.56 Å². The number of rotatable bonds is 3. The van der Waals surface area contributed by atoms with Crippen LogP contribution in [-0.4, -0.2) is 40.1 Å². The first-order valence-electron chi connectivity index (χ1n) is 8.74. The van der Waals surface area contributed by atoms with Crippen molar-refractivity contribution in [1.29, 1.82) is 0 Å². The molecular weight excluding hydrogens is 388 g/mol. The fraction of sp³-hybridized carbons (Fsp3) is 0.200. The molecule has 9 heteroatoms. The summed E-state index contributed by atoms with van der Waals surface area (Å²) in [5, 5.41) is 18.9. The number of fused-ring (bicyclic) bond motifs is 6. The third-order valence-electron chi connectivity index (χ3n) is 5.16. The Labute approximate surface area is 161 Å². The summed E-state index contributed by atoms with van der Waals surface area (Å²) < 4.78 is 39.5. The average molecular weight is 401 g/mol. The van der Waals surface area contributed by atoms with E-state index in [-0.39, 0.29) is 40.9 Å². The average Bonchev–Trinajstić information content (AvgIpc) is 3.27. The summed E-state index contributed by atoms with van der Waals surface area (Å²) in [7, 11) is 0. The van der Waals surface area contributed by atoms with Gasteiger partial charge in [0.1, 0.15) is 0 Å². The molecule has 0 amide bonds. The van der Waals surface area contributed by atoms with Crippen molar-refractivity contribution in [2.45, 2.75) is 12.6 Å². The standard InChI is InChI=1S/C20H13F2NO6/c21-13-1-9-12(2-14(13)22)20(27)23(5-8(25)6-24)18-10-3-15-16(29-7-28-15)4-11(10)19(26)17(9)18/h1-4,8,24-25H,5-7H2/t8-/m0/s1. The first-order valence-corrected chi connectivity index (χ1v) is 8.74. The number of aromatic nitrogens is 1. The van der Waals surface area contributed by atoms with Crippen molar-refractivity contribution in [3.63, 3.8) is 0 Å². The zero-order valence-electron chi connectivity index (χ0n) is 14.7. The summed E-state index contributed by atoms with van der Waals surface area (Å²) in [5.41, 5.74) is 0.0151. The summed E-state index contributed by atoms with van der Waals surface area (Å²) >= 11 is 0. The molecule has 0 bridgehead atoms. The summed E-state index contributed by atoms with van der Waals surface area (Å²) in [6.07, 6.45) is -1.30. The lowest BCUT2D eigenvalue weighted by Crippen LogP contribution is -2.30. The fourth-order valence-corrected chi connectivity index (χ4v) is 3.85. The van der Waals surface area contributed by atoms with Gasteiger partial charge in [-0.25, -0.2) is 8.78 Å². The van der Waals surface area contributed by atoms with E-state index in [1.807, 2.05) is 0 Å². The normalized spacial score (nSPS) is 15.0. The largest absolute Gasteiger partial charge is 0.454 e. The molecule has 1 atom stereocenters. The Bertz CT molecular complexity index is 1280. The Hall–Kier alpha value is -3.30. The lowest BCUT2D eigenvalue weighted by atomic mass is 10.0. The number of carbonyl (C=O) groups excluding carboxylic acids is 1. The number of pyridine rings is 1. The number of ketones is 1. The van der Waals surface area contributed by atoms with E-state index < -0.39 is 35.7 Å². The molecule has 0 radical (unpaired) electrons. The molecule has 2 aromatic carbocycles. The second-order valence-corrected chi connectivity index (χ2v) is 6.87. The van der Waals surface area contributed by atoms with Crippen LogP contribution in [0.1, 0.15) is 15.9 Å². The number of nitrogens with zero attached hydrogens (tertiary/aromatic N) is 1. The van der Waals surface area contributed by atoms with E-state index in [0.717, 1.165) is 16.7 Å². The van der Waals surface area contributed by atoms with Gasteiger partial charge in [0.2, 0.25) is 6.79 Å². The van der Waals surface area contributed by atoms with Gasteiger partial charge in [-0.05, 0) is 24.3 Å². The quantitative estimate of drug-likeness (QED) is 0.541. The van der Waals surface area contributed by atoms with Crippen LogP contribution in [0.3, 0.4) is 0 Å². The Morgan fingerprint density at radius 1 is 1.00 bits per heavy atom. The minimum atomic E-state index is -1.30. The molecule has 0 saturated carbocycles. The van der Waals surface area contributed by atoms with Gasteiger partial charge < -0.3 is 24.3 Å². The molecule has 7 nitrogen and oxygen atoms in total. The molecular formula is C20H13F2NO6. The molecule has 2 aliphatic rings. The third-order valence-corrected chi connectivity index (χ3v) is 5.16. The molecule has 148 valence electrons.